The van der Waals surface area contributed by atoms with E-state index in [-0.39, 0.29) is 24.7 Å². The third-order valence-electron chi connectivity index (χ3n) is 2.47. The van der Waals surface area contributed by atoms with Gasteiger partial charge in [-0.1, -0.05) is 0 Å². The lowest BCUT2D eigenvalue weighted by molar-refractivity contribution is -0.228. The molecule has 1 fully saturated rings. The average Bonchev–Trinajstić information content (AvgIpc) is 1.99. The van der Waals surface area contributed by atoms with Crippen molar-refractivity contribution in [1.82, 2.24) is 0 Å². The first-order chi connectivity index (χ1) is 6.83. The largest absolute Gasteiger partial charge is 0.436 e. The van der Waals surface area contributed by atoms with Crippen molar-refractivity contribution in [3.05, 3.63) is 0 Å². The third kappa shape index (κ3) is 3.00. The van der Waals surface area contributed by atoms with Gasteiger partial charge in [-0.15, -0.1) is 0 Å². The summed E-state index contributed by atoms with van der Waals surface area (Å²) in [5.41, 5.74) is -1.43. The molecule has 1 rings (SSSR count). The van der Waals surface area contributed by atoms with Crippen molar-refractivity contribution < 1.29 is 24.2 Å². The Morgan fingerprint density at radius 1 is 1.40 bits per heavy atom. The number of hydrogen-bond donors (Lipinski definition) is 1. The van der Waals surface area contributed by atoms with E-state index in [2.05, 4.69) is 0 Å². The van der Waals surface area contributed by atoms with Gasteiger partial charge in [0.05, 0.1) is 6.10 Å². The predicted octanol–water partition coefficient (Wildman–Crippen LogP) is 0.395. The number of aliphatic hydroxyl groups is 1. The van der Waals surface area contributed by atoms with Crippen molar-refractivity contribution >= 4 is 11.8 Å². The molecule has 1 aliphatic rings. The second kappa shape index (κ2) is 4.28. The molecule has 5 heteroatoms. The van der Waals surface area contributed by atoms with Crippen molar-refractivity contribution in [3.8, 4) is 0 Å². The van der Waals surface area contributed by atoms with Gasteiger partial charge in [0.25, 0.3) is 0 Å². The van der Waals surface area contributed by atoms with Crippen molar-refractivity contribution in [2.24, 2.45) is 0 Å². The van der Waals surface area contributed by atoms with Crippen LogP contribution in [0.3, 0.4) is 0 Å². The molecular formula is C10H16O5. The second-order valence-electron chi connectivity index (χ2n) is 3.98. The van der Waals surface area contributed by atoms with Crippen molar-refractivity contribution in [2.75, 3.05) is 0 Å². The average molecular weight is 216 g/mol. The summed E-state index contributed by atoms with van der Waals surface area (Å²) in [6.07, 6.45) is -0.899. The van der Waals surface area contributed by atoms with Gasteiger partial charge in [-0.2, -0.15) is 0 Å². The van der Waals surface area contributed by atoms with E-state index in [0.29, 0.717) is 0 Å². The number of ether oxygens (including phenoxy) is 2. The normalized spacial score (nSPS) is 36.0. The van der Waals surface area contributed by atoms with Crippen LogP contribution in [0.15, 0.2) is 0 Å². The molecule has 0 bridgehead atoms. The van der Waals surface area contributed by atoms with Crippen LogP contribution in [0.4, 0.5) is 0 Å². The maximum Gasteiger partial charge on any atom is 0.304 e. The Hall–Kier alpha value is -0.940. The summed E-state index contributed by atoms with van der Waals surface area (Å²) < 4.78 is 10.1. The summed E-state index contributed by atoms with van der Waals surface area (Å²) in [4.78, 5) is 22.0. The number of rotatable bonds is 2. The van der Waals surface area contributed by atoms with E-state index in [1.165, 1.54) is 13.8 Å². The Labute approximate surface area is 88.4 Å². The summed E-state index contributed by atoms with van der Waals surface area (Å²) >= 11 is 0. The number of carbonyl (C=O) groups is 2. The minimum absolute atomic E-state index is 0.00620. The molecule has 1 aliphatic heterocycles. The van der Waals surface area contributed by atoms with E-state index in [4.69, 9.17) is 9.47 Å². The van der Waals surface area contributed by atoms with Crippen LogP contribution in [-0.2, 0) is 19.1 Å². The lowest BCUT2D eigenvalue weighted by Gasteiger charge is -2.37. The Morgan fingerprint density at radius 2 is 2.00 bits per heavy atom. The highest BCUT2D eigenvalue weighted by atomic mass is 16.7. The second-order valence-corrected chi connectivity index (χ2v) is 3.98. The van der Waals surface area contributed by atoms with Crippen molar-refractivity contribution in [2.45, 2.75) is 51.6 Å². The van der Waals surface area contributed by atoms with E-state index >= 15 is 0 Å². The highest BCUT2D eigenvalue weighted by Gasteiger charge is 2.43. The third-order valence-corrected chi connectivity index (χ3v) is 2.47. The number of ketones is 1. The molecule has 5 nitrogen and oxygen atoms in total. The van der Waals surface area contributed by atoms with Crippen LogP contribution >= 0.6 is 0 Å². The fraction of sp³-hybridized carbons (Fsp3) is 0.800. The smallest absolute Gasteiger partial charge is 0.304 e. The van der Waals surface area contributed by atoms with Gasteiger partial charge < -0.3 is 14.6 Å². The van der Waals surface area contributed by atoms with E-state index in [1.54, 1.807) is 6.92 Å². The first-order valence-electron chi connectivity index (χ1n) is 4.89. The van der Waals surface area contributed by atoms with E-state index in [9.17, 15) is 14.7 Å². The maximum absolute atomic E-state index is 11.3. The van der Waals surface area contributed by atoms with Crippen LogP contribution in [0, 0.1) is 0 Å². The molecular weight excluding hydrogens is 200 g/mol. The van der Waals surface area contributed by atoms with E-state index in [1.807, 2.05) is 0 Å². The zero-order valence-corrected chi connectivity index (χ0v) is 9.15. The Bertz CT molecular complexity index is 275. The summed E-state index contributed by atoms with van der Waals surface area (Å²) in [7, 11) is 0. The Balaban J connectivity index is 2.71. The molecule has 1 unspecified atom stereocenters. The highest BCUT2D eigenvalue weighted by molar-refractivity contribution is 5.84. The number of carbonyl (C=O) groups excluding carboxylic acids is 2. The molecule has 3 atom stereocenters. The predicted molar refractivity (Wildman–Crippen MR) is 51.0 cm³/mol. The maximum atomic E-state index is 11.3. The summed E-state index contributed by atoms with van der Waals surface area (Å²) in [5, 5.41) is 9.98. The number of hydrogen-bond acceptors (Lipinski definition) is 5. The SMILES string of the molecule is CC(=O)OC1C[C@](O)(C(C)=O)C[C@@H](C)O1. The fourth-order valence-corrected chi connectivity index (χ4v) is 1.73. The highest BCUT2D eigenvalue weighted by Crippen LogP contribution is 2.30. The van der Waals surface area contributed by atoms with Crippen molar-refractivity contribution in [3.63, 3.8) is 0 Å². The zero-order valence-electron chi connectivity index (χ0n) is 9.15. The van der Waals surface area contributed by atoms with E-state index < -0.39 is 17.9 Å². The Morgan fingerprint density at radius 3 is 2.47 bits per heavy atom. The molecule has 0 radical (unpaired) electrons. The van der Waals surface area contributed by atoms with Gasteiger partial charge in [-0.25, -0.2) is 0 Å². The van der Waals surface area contributed by atoms with Crippen LogP contribution in [0.1, 0.15) is 33.6 Å². The first-order valence-corrected chi connectivity index (χ1v) is 4.89. The molecule has 0 aliphatic carbocycles. The van der Waals surface area contributed by atoms with Gasteiger partial charge in [0.1, 0.15) is 5.60 Å². The topological polar surface area (TPSA) is 72.8 Å². The molecule has 0 amide bonds. The van der Waals surface area contributed by atoms with Gasteiger partial charge in [0.15, 0.2) is 5.78 Å². The molecule has 0 saturated carbocycles. The molecule has 1 saturated heterocycles. The van der Waals surface area contributed by atoms with Crippen LogP contribution in [0.25, 0.3) is 0 Å². The molecule has 0 spiro atoms. The van der Waals surface area contributed by atoms with Crippen LogP contribution < -0.4 is 0 Å². The van der Waals surface area contributed by atoms with Gasteiger partial charge in [0.2, 0.25) is 6.29 Å². The quantitative estimate of drug-likeness (QED) is 0.676. The minimum Gasteiger partial charge on any atom is -0.436 e. The summed E-state index contributed by atoms with van der Waals surface area (Å²) in [5.74, 6) is -0.810. The summed E-state index contributed by atoms with van der Waals surface area (Å²) in [6, 6.07) is 0. The molecule has 0 aromatic carbocycles. The fourth-order valence-electron chi connectivity index (χ4n) is 1.73. The molecule has 1 N–H and O–H groups in total. The van der Waals surface area contributed by atoms with Gasteiger partial charge in [0, 0.05) is 19.8 Å². The molecule has 1 heterocycles. The first kappa shape index (κ1) is 12.1. The summed E-state index contributed by atoms with van der Waals surface area (Å²) in [6.45, 7) is 4.31. The molecule has 0 aromatic heterocycles. The Kier molecular flexibility index (Phi) is 3.46. The van der Waals surface area contributed by atoms with Gasteiger partial charge >= 0.3 is 5.97 Å². The van der Waals surface area contributed by atoms with Gasteiger partial charge in [-0.05, 0) is 13.8 Å². The van der Waals surface area contributed by atoms with Crippen LogP contribution in [0.5, 0.6) is 0 Å². The molecule has 86 valence electrons. The zero-order chi connectivity index (χ0) is 11.6. The van der Waals surface area contributed by atoms with Gasteiger partial charge in [-0.3, -0.25) is 9.59 Å². The van der Waals surface area contributed by atoms with E-state index in [0.717, 1.165) is 0 Å². The van der Waals surface area contributed by atoms with Crippen LogP contribution in [0.2, 0.25) is 0 Å². The van der Waals surface area contributed by atoms with Crippen molar-refractivity contribution in [1.29, 1.82) is 0 Å². The number of esters is 1. The lowest BCUT2D eigenvalue weighted by Crippen LogP contribution is -2.49. The molecule has 0 aromatic rings. The number of Topliss-reactive ketones (excluding diaryl/α,β-unsaturated/α-hetero) is 1. The molecule has 15 heavy (non-hydrogen) atoms. The standard InChI is InChI=1S/C10H16O5/c1-6-4-10(13,7(2)11)5-9(14-6)15-8(3)12/h6,9,13H,4-5H2,1-3H3/t6-,9?,10+/m1/s1. The lowest BCUT2D eigenvalue weighted by atomic mass is 9.87. The monoisotopic (exact) mass is 216 g/mol. The van der Waals surface area contributed by atoms with Crippen LogP contribution in [-0.4, -0.2) is 34.9 Å². The minimum atomic E-state index is -1.43.